The van der Waals surface area contributed by atoms with Gasteiger partial charge in [-0.3, -0.25) is 0 Å². The first-order valence-electron chi connectivity index (χ1n) is 5.76. The maximum absolute atomic E-state index is 9.29. The van der Waals surface area contributed by atoms with Crippen LogP contribution in [0, 0.1) is 19.8 Å². The Morgan fingerprint density at radius 2 is 1.94 bits per heavy atom. The first kappa shape index (κ1) is 13.6. The van der Waals surface area contributed by atoms with Crippen LogP contribution in [-0.4, -0.2) is 22.7 Å². The fourth-order valence-corrected chi connectivity index (χ4v) is 2.74. The summed E-state index contributed by atoms with van der Waals surface area (Å²) in [5, 5.41) is 13.9. The molecule has 0 radical (unpaired) electrons. The molecule has 16 heavy (non-hydrogen) atoms. The average Bonchev–Trinajstić information content (AvgIpc) is 2.53. The van der Waals surface area contributed by atoms with E-state index in [4.69, 9.17) is 0 Å². The summed E-state index contributed by atoms with van der Waals surface area (Å²) in [4.78, 5) is 5.70. The normalized spacial score (nSPS) is 15.4. The Balaban J connectivity index is 2.71. The number of aromatic nitrogens is 1. The summed E-state index contributed by atoms with van der Waals surface area (Å²) in [6.07, 6.45) is 0. The predicted molar refractivity (Wildman–Crippen MR) is 68.9 cm³/mol. The topological polar surface area (TPSA) is 45.2 Å². The van der Waals surface area contributed by atoms with Gasteiger partial charge in [-0.05, 0) is 26.7 Å². The maximum atomic E-state index is 9.29. The van der Waals surface area contributed by atoms with Crippen LogP contribution in [0.3, 0.4) is 0 Å². The van der Waals surface area contributed by atoms with Crippen molar-refractivity contribution in [1.82, 2.24) is 10.3 Å². The number of hydrogen-bond donors (Lipinski definition) is 2. The van der Waals surface area contributed by atoms with E-state index in [2.05, 4.69) is 31.1 Å². The van der Waals surface area contributed by atoms with Crippen LogP contribution in [0.1, 0.15) is 42.4 Å². The van der Waals surface area contributed by atoms with Crippen molar-refractivity contribution in [3.8, 4) is 0 Å². The van der Waals surface area contributed by atoms with Crippen molar-refractivity contribution in [3.05, 3.63) is 15.6 Å². The summed E-state index contributed by atoms with van der Waals surface area (Å²) < 4.78 is 0. The number of hydrogen-bond acceptors (Lipinski definition) is 4. The van der Waals surface area contributed by atoms with Crippen molar-refractivity contribution in [1.29, 1.82) is 0 Å². The van der Waals surface area contributed by atoms with Crippen molar-refractivity contribution in [2.24, 2.45) is 5.92 Å². The number of nitrogens with zero attached hydrogens (tertiary/aromatic N) is 1. The third-order valence-electron chi connectivity index (χ3n) is 2.80. The molecule has 0 bridgehead atoms. The molecule has 0 saturated heterocycles. The van der Waals surface area contributed by atoms with Gasteiger partial charge in [-0.25, -0.2) is 4.98 Å². The van der Waals surface area contributed by atoms with Crippen molar-refractivity contribution in [2.45, 2.75) is 46.7 Å². The van der Waals surface area contributed by atoms with Gasteiger partial charge in [0.2, 0.25) is 0 Å². The molecule has 0 aliphatic rings. The molecule has 0 saturated carbocycles. The highest BCUT2D eigenvalue weighted by Crippen LogP contribution is 2.25. The summed E-state index contributed by atoms with van der Waals surface area (Å²) in [5.41, 5.74) is 1.10. The SMILES string of the molecule is Cc1nc(C)c(C(C)N[C@H](CO)C(C)C)s1. The highest BCUT2D eigenvalue weighted by molar-refractivity contribution is 7.11. The van der Waals surface area contributed by atoms with Gasteiger partial charge in [-0.1, -0.05) is 13.8 Å². The number of thiazole rings is 1. The van der Waals surface area contributed by atoms with E-state index < -0.39 is 0 Å². The molecule has 2 atom stereocenters. The van der Waals surface area contributed by atoms with Crippen LogP contribution in [0.4, 0.5) is 0 Å². The van der Waals surface area contributed by atoms with E-state index in [-0.39, 0.29) is 18.7 Å². The summed E-state index contributed by atoms with van der Waals surface area (Å²) in [6, 6.07) is 0.405. The first-order valence-corrected chi connectivity index (χ1v) is 6.58. The highest BCUT2D eigenvalue weighted by atomic mass is 32.1. The molecule has 0 aromatic carbocycles. The quantitative estimate of drug-likeness (QED) is 0.833. The monoisotopic (exact) mass is 242 g/mol. The van der Waals surface area contributed by atoms with E-state index in [1.807, 2.05) is 13.8 Å². The largest absolute Gasteiger partial charge is 0.395 e. The number of nitrogens with one attached hydrogen (secondary N) is 1. The summed E-state index contributed by atoms with van der Waals surface area (Å²) >= 11 is 1.73. The molecular formula is C12H22N2OS. The first-order chi connectivity index (χ1) is 7.45. The molecule has 0 aliphatic carbocycles. The Morgan fingerprint density at radius 3 is 2.31 bits per heavy atom. The third kappa shape index (κ3) is 3.27. The Labute approximate surface area is 102 Å². The van der Waals surface area contributed by atoms with Gasteiger partial charge >= 0.3 is 0 Å². The average molecular weight is 242 g/mol. The zero-order valence-electron chi connectivity index (χ0n) is 10.7. The van der Waals surface area contributed by atoms with Gasteiger partial charge < -0.3 is 10.4 Å². The summed E-state index contributed by atoms with van der Waals surface area (Å²) in [5.74, 6) is 0.432. The smallest absolute Gasteiger partial charge is 0.0900 e. The molecule has 2 N–H and O–H groups in total. The van der Waals surface area contributed by atoms with Crippen molar-refractivity contribution in [3.63, 3.8) is 0 Å². The van der Waals surface area contributed by atoms with Crippen LogP contribution in [0.25, 0.3) is 0 Å². The van der Waals surface area contributed by atoms with E-state index in [9.17, 15) is 5.11 Å². The van der Waals surface area contributed by atoms with Crippen LogP contribution in [-0.2, 0) is 0 Å². The maximum Gasteiger partial charge on any atom is 0.0900 e. The minimum atomic E-state index is 0.150. The molecule has 1 aromatic rings. The Bertz CT molecular complexity index is 336. The van der Waals surface area contributed by atoms with Crippen LogP contribution < -0.4 is 5.32 Å². The fourth-order valence-electron chi connectivity index (χ4n) is 1.80. The number of aliphatic hydroxyl groups excluding tert-OH is 1. The van der Waals surface area contributed by atoms with Crippen LogP contribution in [0.5, 0.6) is 0 Å². The molecule has 0 spiro atoms. The second kappa shape index (κ2) is 5.75. The molecule has 92 valence electrons. The van der Waals surface area contributed by atoms with Crippen molar-refractivity contribution in [2.75, 3.05) is 6.61 Å². The summed E-state index contributed by atoms with van der Waals surface area (Å²) in [6.45, 7) is 10.6. The second-order valence-electron chi connectivity index (χ2n) is 4.60. The minimum Gasteiger partial charge on any atom is -0.395 e. The molecule has 1 aromatic heterocycles. The van der Waals surface area contributed by atoms with Gasteiger partial charge in [0.25, 0.3) is 0 Å². The lowest BCUT2D eigenvalue weighted by molar-refractivity contribution is 0.202. The minimum absolute atomic E-state index is 0.150. The van der Waals surface area contributed by atoms with E-state index in [1.165, 1.54) is 4.88 Å². The molecule has 1 rings (SSSR count). The van der Waals surface area contributed by atoms with Crippen LogP contribution in [0.2, 0.25) is 0 Å². The molecule has 0 aliphatic heterocycles. The van der Waals surface area contributed by atoms with E-state index in [0.29, 0.717) is 5.92 Å². The van der Waals surface area contributed by atoms with Crippen molar-refractivity contribution < 1.29 is 5.11 Å². The standard InChI is InChI=1S/C12H22N2OS/c1-7(2)11(6-15)14-9(4)12-8(3)13-10(5)16-12/h7,9,11,14-15H,6H2,1-5H3/t9?,11-/m1/s1. The third-order valence-corrected chi connectivity index (χ3v) is 4.05. The van der Waals surface area contributed by atoms with Crippen LogP contribution in [0.15, 0.2) is 0 Å². The zero-order chi connectivity index (χ0) is 12.3. The number of rotatable bonds is 5. The van der Waals surface area contributed by atoms with Gasteiger partial charge in [-0.15, -0.1) is 11.3 Å². The van der Waals surface area contributed by atoms with E-state index >= 15 is 0 Å². The predicted octanol–water partition coefficient (Wildman–Crippen LogP) is 2.43. The molecule has 3 nitrogen and oxygen atoms in total. The zero-order valence-corrected chi connectivity index (χ0v) is 11.6. The van der Waals surface area contributed by atoms with Gasteiger partial charge in [-0.2, -0.15) is 0 Å². The lowest BCUT2D eigenvalue weighted by Crippen LogP contribution is -2.38. The molecular weight excluding hydrogens is 220 g/mol. The lowest BCUT2D eigenvalue weighted by atomic mass is 10.0. The molecule has 4 heteroatoms. The van der Waals surface area contributed by atoms with E-state index in [1.54, 1.807) is 11.3 Å². The van der Waals surface area contributed by atoms with Gasteiger partial charge in [0.1, 0.15) is 0 Å². The van der Waals surface area contributed by atoms with Gasteiger partial charge in [0, 0.05) is 17.0 Å². The lowest BCUT2D eigenvalue weighted by Gasteiger charge is -2.24. The summed E-state index contributed by atoms with van der Waals surface area (Å²) in [7, 11) is 0. The number of aryl methyl sites for hydroxylation is 2. The molecule has 0 amide bonds. The highest BCUT2D eigenvalue weighted by Gasteiger charge is 2.18. The Hall–Kier alpha value is -0.450. The second-order valence-corrected chi connectivity index (χ2v) is 5.84. The molecule has 0 fully saturated rings. The van der Waals surface area contributed by atoms with Crippen LogP contribution >= 0.6 is 11.3 Å². The van der Waals surface area contributed by atoms with Crippen molar-refractivity contribution >= 4 is 11.3 Å². The fraction of sp³-hybridized carbons (Fsp3) is 0.750. The Morgan fingerprint density at radius 1 is 1.31 bits per heavy atom. The van der Waals surface area contributed by atoms with Gasteiger partial charge in [0.15, 0.2) is 0 Å². The number of aliphatic hydroxyl groups is 1. The van der Waals surface area contributed by atoms with Gasteiger partial charge in [0.05, 0.1) is 17.3 Å². The molecule has 1 unspecified atom stereocenters. The van der Waals surface area contributed by atoms with E-state index in [0.717, 1.165) is 10.7 Å². The Kier molecular flexibility index (Phi) is 4.89. The molecule has 1 heterocycles.